The van der Waals surface area contributed by atoms with E-state index in [9.17, 15) is 4.79 Å². The number of carbonyl (C=O) groups is 1. The summed E-state index contributed by atoms with van der Waals surface area (Å²) in [6.07, 6.45) is 3.47. The van der Waals surface area contributed by atoms with Gasteiger partial charge in [0, 0.05) is 53.8 Å². The summed E-state index contributed by atoms with van der Waals surface area (Å²) in [6.45, 7) is 4.85. The van der Waals surface area contributed by atoms with Crippen molar-refractivity contribution in [3.8, 4) is 23.7 Å². The van der Waals surface area contributed by atoms with Crippen molar-refractivity contribution in [1.82, 2.24) is 15.2 Å². The Morgan fingerprint density at radius 2 is 1.27 bits per heavy atom. The van der Waals surface area contributed by atoms with Gasteiger partial charge in [-0.05, 0) is 73.5 Å². The molecule has 0 aliphatic rings. The van der Waals surface area contributed by atoms with Gasteiger partial charge in [-0.2, -0.15) is 0 Å². The summed E-state index contributed by atoms with van der Waals surface area (Å²) in [7, 11) is 0. The minimum atomic E-state index is -0.109. The molecule has 2 amide bonds. The molecule has 0 radical (unpaired) electrons. The Kier molecular flexibility index (Phi) is 8.73. The Labute approximate surface area is 219 Å². The van der Waals surface area contributed by atoms with Crippen LogP contribution in [0.4, 0.5) is 4.79 Å². The quantitative estimate of drug-likeness (QED) is 0.354. The van der Waals surface area contributed by atoms with Gasteiger partial charge in [-0.25, -0.2) is 4.79 Å². The second-order valence-electron chi connectivity index (χ2n) is 8.97. The van der Waals surface area contributed by atoms with E-state index in [1.165, 1.54) is 0 Å². The van der Waals surface area contributed by atoms with Crippen molar-refractivity contribution < 1.29 is 4.79 Å². The van der Waals surface area contributed by atoms with Gasteiger partial charge < -0.3 is 10.2 Å². The maximum absolute atomic E-state index is 13.1. The molecule has 0 aliphatic carbocycles. The number of benzene rings is 3. The number of amides is 2. The van der Waals surface area contributed by atoms with Crippen LogP contribution < -0.4 is 5.32 Å². The number of nitrogens with one attached hydrogen (secondary N) is 1. The number of rotatable bonds is 5. The molecule has 0 atom stereocenters. The van der Waals surface area contributed by atoms with E-state index < -0.39 is 0 Å². The molecule has 0 bridgehead atoms. The number of carbonyl (C=O) groups excluding carboxylic acids is 1. The summed E-state index contributed by atoms with van der Waals surface area (Å²) in [5.74, 6) is 12.8. The van der Waals surface area contributed by atoms with Gasteiger partial charge in [-0.15, -0.1) is 0 Å². The molecule has 4 rings (SSSR count). The number of hydrogen-bond acceptors (Lipinski definition) is 2. The lowest BCUT2D eigenvalue weighted by molar-refractivity contribution is 0.189. The standard InChI is InChI=1S/C33H29N3O/c1-26(2)35-33(37)36(24-31-13-6-11-28(21-31)17-16-27-9-4-3-5-10-27)25-32-14-7-12-29(22-32)18-19-30-15-8-20-34-23-30/h3-15,20-23,26H,24-25H2,1-2H3,(H,35,37). The smallest absolute Gasteiger partial charge is 0.318 e. The predicted molar refractivity (Wildman–Crippen MR) is 148 cm³/mol. The highest BCUT2D eigenvalue weighted by atomic mass is 16.2. The molecule has 0 fully saturated rings. The first-order valence-corrected chi connectivity index (χ1v) is 12.3. The first kappa shape index (κ1) is 25.3. The maximum Gasteiger partial charge on any atom is 0.318 e. The average Bonchev–Trinajstić information content (AvgIpc) is 2.92. The molecule has 1 N–H and O–H groups in total. The Hall–Kier alpha value is -4.80. The molecule has 1 aromatic heterocycles. The average molecular weight is 484 g/mol. The Balaban J connectivity index is 1.53. The number of aromatic nitrogens is 1. The molecule has 182 valence electrons. The molecular weight excluding hydrogens is 454 g/mol. The Morgan fingerprint density at radius 3 is 1.84 bits per heavy atom. The van der Waals surface area contributed by atoms with Gasteiger partial charge in [0.15, 0.2) is 0 Å². The zero-order valence-corrected chi connectivity index (χ0v) is 21.1. The molecule has 0 spiro atoms. The summed E-state index contributed by atoms with van der Waals surface area (Å²) < 4.78 is 0. The normalized spacial score (nSPS) is 10.0. The molecule has 3 aromatic carbocycles. The van der Waals surface area contributed by atoms with Crippen LogP contribution in [0, 0.1) is 23.7 Å². The molecule has 1 heterocycles. The van der Waals surface area contributed by atoms with E-state index >= 15 is 0 Å². The van der Waals surface area contributed by atoms with Crippen LogP contribution in [0.5, 0.6) is 0 Å². The van der Waals surface area contributed by atoms with E-state index in [-0.39, 0.29) is 12.1 Å². The van der Waals surface area contributed by atoms with E-state index in [0.717, 1.165) is 33.4 Å². The van der Waals surface area contributed by atoms with Gasteiger partial charge in [0.05, 0.1) is 0 Å². The summed E-state index contributed by atoms with van der Waals surface area (Å²) in [4.78, 5) is 19.0. The Bertz CT molecular complexity index is 1350. The SMILES string of the molecule is CC(C)NC(=O)N(Cc1cccc(C#Cc2ccccc2)c1)Cc1cccc(C#Cc2cccnc2)c1. The molecule has 0 aliphatic heterocycles. The van der Waals surface area contributed by atoms with E-state index in [4.69, 9.17) is 0 Å². The second kappa shape index (κ2) is 12.8. The monoisotopic (exact) mass is 483 g/mol. The van der Waals surface area contributed by atoms with Crippen LogP contribution in [0.15, 0.2) is 103 Å². The van der Waals surface area contributed by atoms with Crippen LogP contribution in [-0.2, 0) is 13.1 Å². The molecule has 0 unspecified atom stereocenters. The predicted octanol–water partition coefficient (Wildman–Crippen LogP) is 6.00. The van der Waals surface area contributed by atoms with Gasteiger partial charge in [-0.1, -0.05) is 66.1 Å². The second-order valence-corrected chi connectivity index (χ2v) is 8.97. The fourth-order valence-electron chi connectivity index (χ4n) is 3.72. The summed E-state index contributed by atoms with van der Waals surface area (Å²) in [6, 6.07) is 29.7. The first-order chi connectivity index (χ1) is 18.0. The van der Waals surface area contributed by atoms with Crippen molar-refractivity contribution in [2.75, 3.05) is 0 Å². The third kappa shape index (κ3) is 8.13. The fourth-order valence-corrected chi connectivity index (χ4v) is 3.72. The van der Waals surface area contributed by atoms with Gasteiger partial charge in [0.2, 0.25) is 0 Å². The molecule has 37 heavy (non-hydrogen) atoms. The number of pyridine rings is 1. The van der Waals surface area contributed by atoms with Crippen molar-refractivity contribution in [2.45, 2.75) is 33.0 Å². The van der Waals surface area contributed by atoms with Gasteiger partial charge >= 0.3 is 6.03 Å². The summed E-state index contributed by atoms with van der Waals surface area (Å²) >= 11 is 0. The van der Waals surface area contributed by atoms with Crippen LogP contribution in [0.1, 0.15) is 47.2 Å². The van der Waals surface area contributed by atoms with Crippen molar-refractivity contribution >= 4 is 6.03 Å². The van der Waals surface area contributed by atoms with Crippen LogP contribution in [-0.4, -0.2) is 22.0 Å². The van der Waals surface area contributed by atoms with Crippen molar-refractivity contribution in [1.29, 1.82) is 0 Å². The molecule has 4 aromatic rings. The van der Waals surface area contributed by atoms with Crippen LogP contribution in [0.25, 0.3) is 0 Å². The number of hydrogen-bond donors (Lipinski definition) is 1. The lowest BCUT2D eigenvalue weighted by Crippen LogP contribution is -2.42. The molecule has 0 saturated heterocycles. The van der Waals surface area contributed by atoms with E-state index in [1.807, 2.05) is 110 Å². The summed E-state index contributed by atoms with van der Waals surface area (Å²) in [5, 5.41) is 3.03. The van der Waals surface area contributed by atoms with Crippen LogP contribution in [0.2, 0.25) is 0 Å². The van der Waals surface area contributed by atoms with Gasteiger partial charge in [-0.3, -0.25) is 4.98 Å². The van der Waals surface area contributed by atoms with Crippen molar-refractivity contribution in [2.24, 2.45) is 0 Å². The Morgan fingerprint density at radius 1 is 0.730 bits per heavy atom. The molecule has 4 heteroatoms. The lowest BCUT2D eigenvalue weighted by atomic mass is 10.1. The van der Waals surface area contributed by atoms with E-state index in [0.29, 0.717) is 13.1 Å². The largest absolute Gasteiger partial charge is 0.336 e. The van der Waals surface area contributed by atoms with Crippen molar-refractivity contribution in [3.05, 3.63) is 137 Å². The number of nitrogens with zero attached hydrogens (tertiary/aromatic N) is 2. The highest BCUT2D eigenvalue weighted by Gasteiger charge is 2.16. The van der Waals surface area contributed by atoms with Gasteiger partial charge in [0.1, 0.15) is 0 Å². The zero-order valence-electron chi connectivity index (χ0n) is 21.1. The molecular formula is C33H29N3O. The fraction of sp³-hybridized carbons (Fsp3) is 0.152. The highest BCUT2D eigenvalue weighted by Crippen LogP contribution is 2.14. The van der Waals surface area contributed by atoms with Gasteiger partial charge in [0.25, 0.3) is 0 Å². The number of urea groups is 1. The lowest BCUT2D eigenvalue weighted by Gasteiger charge is -2.25. The third-order valence-corrected chi connectivity index (χ3v) is 5.44. The van der Waals surface area contributed by atoms with Crippen molar-refractivity contribution in [3.63, 3.8) is 0 Å². The maximum atomic E-state index is 13.1. The highest BCUT2D eigenvalue weighted by molar-refractivity contribution is 5.74. The minimum absolute atomic E-state index is 0.0368. The van der Waals surface area contributed by atoms with Crippen LogP contribution in [0.3, 0.4) is 0 Å². The minimum Gasteiger partial charge on any atom is -0.336 e. The third-order valence-electron chi connectivity index (χ3n) is 5.44. The van der Waals surface area contributed by atoms with E-state index in [1.54, 1.807) is 12.4 Å². The first-order valence-electron chi connectivity index (χ1n) is 12.3. The zero-order chi connectivity index (χ0) is 25.9. The molecule has 0 saturated carbocycles. The summed E-state index contributed by atoms with van der Waals surface area (Å²) in [5.41, 5.74) is 5.67. The van der Waals surface area contributed by atoms with E-state index in [2.05, 4.69) is 34.0 Å². The van der Waals surface area contributed by atoms with Crippen LogP contribution >= 0.6 is 0 Å². The topological polar surface area (TPSA) is 45.2 Å². The molecule has 4 nitrogen and oxygen atoms in total.